The third-order valence-electron chi connectivity index (χ3n) is 2.08. The van der Waals surface area contributed by atoms with E-state index in [0.717, 1.165) is 6.42 Å². The summed E-state index contributed by atoms with van der Waals surface area (Å²) in [6, 6.07) is 2.98. The van der Waals surface area contributed by atoms with Gasteiger partial charge in [0.1, 0.15) is 0 Å². The van der Waals surface area contributed by atoms with Crippen LogP contribution in [0.15, 0.2) is 12.1 Å². The topological polar surface area (TPSA) is 86.7 Å². The molecule has 0 heterocycles. The van der Waals surface area contributed by atoms with Crippen LogP contribution in [-0.2, 0) is 6.42 Å². The molecule has 1 aromatic carbocycles. The Bertz CT molecular complexity index is 323. The van der Waals surface area contributed by atoms with Gasteiger partial charge >= 0.3 is 0 Å². The third kappa shape index (κ3) is 2.29. The fourth-order valence-corrected chi connectivity index (χ4v) is 1.20. The number of aromatic hydroxyl groups is 3. The van der Waals surface area contributed by atoms with Gasteiger partial charge in [0.15, 0.2) is 11.5 Å². The number of hydrogen-bond donors (Lipinski definition) is 4. The first-order valence-corrected chi connectivity index (χ1v) is 4.50. The summed E-state index contributed by atoms with van der Waals surface area (Å²) in [5, 5.41) is 27.7. The molecule has 0 bridgehead atoms. The largest absolute Gasteiger partial charge is 0.504 e. The van der Waals surface area contributed by atoms with E-state index in [-0.39, 0.29) is 17.5 Å². The Morgan fingerprint density at radius 3 is 2.43 bits per heavy atom. The lowest BCUT2D eigenvalue weighted by molar-refractivity contribution is 0.364. The molecule has 14 heavy (non-hydrogen) atoms. The molecule has 0 fully saturated rings. The molecule has 1 unspecified atom stereocenters. The number of benzene rings is 1. The molecule has 0 aromatic heterocycles. The molecule has 0 radical (unpaired) electrons. The lowest BCUT2D eigenvalue weighted by atomic mass is 10.0. The van der Waals surface area contributed by atoms with Crippen molar-refractivity contribution >= 4 is 0 Å². The smallest absolute Gasteiger partial charge is 0.200 e. The number of aryl methyl sites for hydroxylation is 1. The molecule has 0 aliphatic heterocycles. The lowest BCUT2D eigenvalue weighted by Gasteiger charge is -2.08. The van der Waals surface area contributed by atoms with Crippen molar-refractivity contribution in [2.75, 3.05) is 0 Å². The van der Waals surface area contributed by atoms with E-state index in [1.54, 1.807) is 6.07 Å². The van der Waals surface area contributed by atoms with Crippen molar-refractivity contribution < 1.29 is 15.3 Å². The Labute approximate surface area is 82.6 Å². The quantitative estimate of drug-likeness (QED) is 0.546. The first-order valence-electron chi connectivity index (χ1n) is 4.50. The highest BCUT2D eigenvalue weighted by molar-refractivity contribution is 5.53. The summed E-state index contributed by atoms with van der Waals surface area (Å²) >= 11 is 0. The van der Waals surface area contributed by atoms with E-state index >= 15 is 0 Å². The normalized spacial score (nSPS) is 12.7. The summed E-state index contributed by atoms with van der Waals surface area (Å²) in [4.78, 5) is 0. The molecule has 0 saturated heterocycles. The van der Waals surface area contributed by atoms with Crippen LogP contribution in [0.5, 0.6) is 17.2 Å². The van der Waals surface area contributed by atoms with Crippen LogP contribution in [0.1, 0.15) is 18.9 Å². The van der Waals surface area contributed by atoms with Gasteiger partial charge in [0, 0.05) is 6.04 Å². The summed E-state index contributed by atoms with van der Waals surface area (Å²) in [5.41, 5.74) is 6.16. The molecule has 0 aliphatic carbocycles. The molecular weight excluding hydrogens is 182 g/mol. The molecule has 4 heteroatoms. The fraction of sp³-hybridized carbons (Fsp3) is 0.400. The number of phenols is 3. The summed E-state index contributed by atoms with van der Waals surface area (Å²) < 4.78 is 0. The second-order valence-electron chi connectivity index (χ2n) is 3.46. The van der Waals surface area contributed by atoms with E-state index < -0.39 is 5.75 Å². The summed E-state index contributed by atoms with van der Waals surface area (Å²) in [5.74, 6) is -1.04. The molecule has 1 aromatic rings. The molecule has 1 atom stereocenters. The molecule has 5 N–H and O–H groups in total. The number of nitrogens with two attached hydrogens (primary N) is 1. The molecule has 0 aliphatic rings. The average molecular weight is 197 g/mol. The Morgan fingerprint density at radius 1 is 1.21 bits per heavy atom. The van der Waals surface area contributed by atoms with Crippen molar-refractivity contribution in [3.63, 3.8) is 0 Å². The van der Waals surface area contributed by atoms with E-state index in [1.807, 2.05) is 6.92 Å². The molecule has 0 spiro atoms. The zero-order valence-electron chi connectivity index (χ0n) is 8.07. The van der Waals surface area contributed by atoms with Crippen molar-refractivity contribution in [2.24, 2.45) is 5.73 Å². The Morgan fingerprint density at radius 2 is 1.86 bits per heavy atom. The fourth-order valence-electron chi connectivity index (χ4n) is 1.20. The zero-order chi connectivity index (χ0) is 10.7. The second-order valence-corrected chi connectivity index (χ2v) is 3.46. The predicted molar refractivity (Wildman–Crippen MR) is 53.4 cm³/mol. The van der Waals surface area contributed by atoms with Gasteiger partial charge in [-0.3, -0.25) is 0 Å². The molecule has 4 nitrogen and oxygen atoms in total. The number of phenolic OH excluding ortho intramolecular Hbond substituents is 3. The van der Waals surface area contributed by atoms with Crippen molar-refractivity contribution in [2.45, 2.75) is 25.8 Å². The minimum atomic E-state index is -0.466. The molecule has 0 amide bonds. The van der Waals surface area contributed by atoms with Crippen LogP contribution in [0.25, 0.3) is 0 Å². The zero-order valence-corrected chi connectivity index (χ0v) is 8.07. The highest BCUT2D eigenvalue weighted by Crippen LogP contribution is 2.37. The standard InChI is InChI=1S/C10H15NO3/c1-6(11)2-3-7-4-5-8(12)10(14)9(7)13/h4-6,12-14H,2-3,11H2,1H3. The third-order valence-corrected chi connectivity index (χ3v) is 2.08. The van der Waals surface area contributed by atoms with Crippen LogP contribution < -0.4 is 5.73 Å². The van der Waals surface area contributed by atoms with Gasteiger partial charge in [0.05, 0.1) is 0 Å². The molecule has 0 saturated carbocycles. The Hall–Kier alpha value is -1.42. The van der Waals surface area contributed by atoms with Crippen LogP contribution in [0.3, 0.4) is 0 Å². The van der Waals surface area contributed by atoms with Crippen LogP contribution in [-0.4, -0.2) is 21.4 Å². The number of hydrogen-bond acceptors (Lipinski definition) is 4. The van der Waals surface area contributed by atoms with Crippen LogP contribution in [0, 0.1) is 0 Å². The SMILES string of the molecule is CC(N)CCc1ccc(O)c(O)c1O. The second kappa shape index (κ2) is 4.19. The van der Waals surface area contributed by atoms with E-state index in [9.17, 15) is 10.2 Å². The van der Waals surface area contributed by atoms with Gasteiger partial charge < -0.3 is 21.1 Å². The van der Waals surface area contributed by atoms with Gasteiger partial charge in [-0.2, -0.15) is 0 Å². The summed E-state index contributed by atoms with van der Waals surface area (Å²) in [6.07, 6.45) is 1.30. The van der Waals surface area contributed by atoms with Crippen LogP contribution in [0.2, 0.25) is 0 Å². The lowest BCUT2D eigenvalue weighted by Crippen LogP contribution is -2.15. The highest BCUT2D eigenvalue weighted by atomic mass is 16.3. The van der Waals surface area contributed by atoms with Crippen molar-refractivity contribution in [1.29, 1.82) is 0 Å². The van der Waals surface area contributed by atoms with Crippen LogP contribution >= 0.6 is 0 Å². The van der Waals surface area contributed by atoms with Gasteiger partial charge in [-0.05, 0) is 31.4 Å². The van der Waals surface area contributed by atoms with Gasteiger partial charge in [0.25, 0.3) is 0 Å². The first-order chi connectivity index (χ1) is 6.52. The van der Waals surface area contributed by atoms with E-state index in [2.05, 4.69) is 0 Å². The van der Waals surface area contributed by atoms with E-state index in [0.29, 0.717) is 12.0 Å². The molecular formula is C10H15NO3. The van der Waals surface area contributed by atoms with E-state index in [1.165, 1.54) is 6.07 Å². The Kier molecular flexibility index (Phi) is 3.19. The van der Waals surface area contributed by atoms with Gasteiger partial charge in [-0.25, -0.2) is 0 Å². The molecule has 1 rings (SSSR count). The van der Waals surface area contributed by atoms with Crippen molar-refractivity contribution in [3.8, 4) is 17.2 Å². The van der Waals surface area contributed by atoms with Crippen LogP contribution in [0.4, 0.5) is 0 Å². The van der Waals surface area contributed by atoms with Crippen molar-refractivity contribution in [3.05, 3.63) is 17.7 Å². The van der Waals surface area contributed by atoms with Crippen molar-refractivity contribution in [1.82, 2.24) is 0 Å². The maximum Gasteiger partial charge on any atom is 0.200 e. The summed E-state index contributed by atoms with van der Waals surface area (Å²) in [7, 11) is 0. The maximum absolute atomic E-state index is 9.44. The monoisotopic (exact) mass is 197 g/mol. The summed E-state index contributed by atoms with van der Waals surface area (Å²) in [6.45, 7) is 1.87. The average Bonchev–Trinajstić information content (AvgIpc) is 2.13. The van der Waals surface area contributed by atoms with Gasteiger partial charge in [-0.15, -0.1) is 0 Å². The van der Waals surface area contributed by atoms with Gasteiger partial charge in [0.2, 0.25) is 5.75 Å². The minimum absolute atomic E-state index is 0.0466. The predicted octanol–water partition coefficient (Wildman–Crippen LogP) is 1.08. The minimum Gasteiger partial charge on any atom is -0.504 e. The molecule has 78 valence electrons. The first kappa shape index (κ1) is 10.7. The van der Waals surface area contributed by atoms with Gasteiger partial charge in [-0.1, -0.05) is 6.07 Å². The highest BCUT2D eigenvalue weighted by Gasteiger charge is 2.10. The maximum atomic E-state index is 9.44. The number of rotatable bonds is 3. The van der Waals surface area contributed by atoms with E-state index in [4.69, 9.17) is 10.8 Å². The Balaban J connectivity index is 2.83.